The van der Waals surface area contributed by atoms with Crippen LogP contribution in [0, 0.1) is 20.8 Å². The van der Waals surface area contributed by atoms with E-state index >= 15 is 0 Å². The number of esters is 2. The molecule has 0 radical (unpaired) electrons. The summed E-state index contributed by atoms with van der Waals surface area (Å²) in [6, 6.07) is 4.20. The van der Waals surface area contributed by atoms with Gasteiger partial charge in [0.05, 0.1) is 18.1 Å². The molecule has 1 N–H and O–H groups in total. The first-order valence-electron chi connectivity index (χ1n) is 8.44. The van der Waals surface area contributed by atoms with Crippen molar-refractivity contribution in [1.82, 2.24) is 0 Å². The molecule has 0 aliphatic carbocycles. The Morgan fingerprint density at radius 3 is 2.08 bits per heavy atom. The Bertz CT molecular complexity index is 696. The highest BCUT2D eigenvalue weighted by atomic mass is 32.2. The fourth-order valence-electron chi connectivity index (χ4n) is 2.39. The van der Waals surface area contributed by atoms with Crippen molar-refractivity contribution < 1.29 is 24.2 Å². The summed E-state index contributed by atoms with van der Waals surface area (Å²) < 4.78 is 9.76. The molecular weight excluding hydrogens is 352 g/mol. The molecule has 1 rings (SSSR count). The SMILES string of the molecule is CCOC(=O)C(O)=CC=C(SCc1c(C)cc(C)cc1C)C(=O)OCC. The van der Waals surface area contributed by atoms with E-state index in [1.54, 1.807) is 13.8 Å². The number of hydrogen-bond acceptors (Lipinski definition) is 6. The Kier molecular flexibility index (Phi) is 8.99. The van der Waals surface area contributed by atoms with Crippen molar-refractivity contribution >= 4 is 23.7 Å². The molecule has 0 bridgehead atoms. The Morgan fingerprint density at radius 1 is 1.00 bits per heavy atom. The van der Waals surface area contributed by atoms with Crippen molar-refractivity contribution in [3.05, 3.63) is 57.2 Å². The van der Waals surface area contributed by atoms with E-state index in [1.807, 2.05) is 20.8 Å². The van der Waals surface area contributed by atoms with E-state index in [-0.39, 0.29) is 13.2 Å². The molecule has 0 aromatic heterocycles. The highest BCUT2D eigenvalue weighted by Gasteiger charge is 2.14. The molecule has 0 amide bonds. The lowest BCUT2D eigenvalue weighted by molar-refractivity contribution is -0.141. The van der Waals surface area contributed by atoms with Crippen LogP contribution in [0.1, 0.15) is 36.1 Å². The summed E-state index contributed by atoms with van der Waals surface area (Å²) in [6.45, 7) is 9.89. The Balaban J connectivity index is 3.01. The third-order valence-corrected chi connectivity index (χ3v) is 4.61. The van der Waals surface area contributed by atoms with Crippen molar-refractivity contribution in [1.29, 1.82) is 0 Å². The minimum atomic E-state index is -0.831. The maximum Gasteiger partial charge on any atom is 0.373 e. The standard InChI is InChI=1S/C20H26O5S/c1-6-24-19(22)17(21)8-9-18(20(23)25-7-2)26-12-16-14(4)10-13(3)11-15(16)5/h8-11,21H,6-7,12H2,1-5H3. The molecule has 0 saturated carbocycles. The first-order valence-corrected chi connectivity index (χ1v) is 9.43. The van der Waals surface area contributed by atoms with Gasteiger partial charge in [-0.25, -0.2) is 9.59 Å². The number of benzene rings is 1. The lowest BCUT2D eigenvalue weighted by atomic mass is 10.0. The van der Waals surface area contributed by atoms with Gasteiger partial charge in [0.15, 0.2) is 0 Å². The highest BCUT2D eigenvalue weighted by Crippen LogP contribution is 2.27. The summed E-state index contributed by atoms with van der Waals surface area (Å²) in [5, 5.41) is 9.69. The highest BCUT2D eigenvalue weighted by molar-refractivity contribution is 8.03. The number of carbonyl (C=O) groups is 2. The summed E-state index contributed by atoms with van der Waals surface area (Å²) >= 11 is 1.30. The van der Waals surface area contributed by atoms with Gasteiger partial charge in [-0.2, -0.15) is 0 Å². The second-order valence-corrected chi connectivity index (χ2v) is 6.71. The summed E-state index contributed by atoms with van der Waals surface area (Å²) in [5.74, 6) is -1.30. The van der Waals surface area contributed by atoms with E-state index in [9.17, 15) is 14.7 Å². The average molecular weight is 378 g/mol. The molecule has 0 fully saturated rings. The Morgan fingerprint density at radius 2 is 1.54 bits per heavy atom. The van der Waals surface area contributed by atoms with Crippen molar-refractivity contribution in [3.63, 3.8) is 0 Å². The van der Waals surface area contributed by atoms with Crippen LogP contribution in [0.3, 0.4) is 0 Å². The zero-order chi connectivity index (χ0) is 19.7. The molecule has 6 heteroatoms. The summed E-state index contributed by atoms with van der Waals surface area (Å²) in [7, 11) is 0. The van der Waals surface area contributed by atoms with Crippen molar-refractivity contribution in [2.75, 3.05) is 13.2 Å². The fourth-order valence-corrected chi connectivity index (χ4v) is 3.49. The molecule has 0 aliphatic rings. The molecular formula is C20H26O5S. The van der Waals surface area contributed by atoms with Gasteiger partial charge in [0.25, 0.3) is 0 Å². The predicted molar refractivity (Wildman–Crippen MR) is 104 cm³/mol. The number of aryl methyl sites for hydroxylation is 3. The van der Waals surface area contributed by atoms with Crippen LogP contribution in [-0.2, 0) is 24.8 Å². The van der Waals surface area contributed by atoms with Crippen molar-refractivity contribution in [2.24, 2.45) is 0 Å². The molecule has 26 heavy (non-hydrogen) atoms. The van der Waals surface area contributed by atoms with Gasteiger partial charge in [0, 0.05) is 5.75 Å². The monoisotopic (exact) mass is 378 g/mol. The third-order valence-electron chi connectivity index (χ3n) is 3.57. The van der Waals surface area contributed by atoms with Crippen LogP contribution in [0.15, 0.2) is 34.9 Å². The van der Waals surface area contributed by atoms with Crippen LogP contribution in [0.5, 0.6) is 0 Å². The maximum absolute atomic E-state index is 12.2. The molecule has 142 valence electrons. The normalized spacial score (nSPS) is 12.0. The van der Waals surface area contributed by atoms with Crippen LogP contribution >= 0.6 is 11.8 Å². The van der Waals surface area contributed by atoms with Crippen LogP contribution in [0.25, 0.3) is 0 Å². The van der Waals surface area contributed by atoms with Crippen LogP contribution in [0.4, 0.5) is 0 Å². The van der Waals surface area contributed by atoms with Gasteiger partial charge in [-0.15, -0.1) is 11.8 Å². The fraction of sp³-hybridized carbons (Fsp3) is 0.400. The third kappa shape index (κ3) is 6.59. The quantitative estimate of drug-likeness (QED) is 0.315. The Hall–Kier alpha value is -2.21. The van der Waals surface area contributed by atoms with Crippen LogP contribution < -0.4 is 0 Å². The Labute approximate surface area is 159 Å². The van der Waals surface area contributed by atoms with Gasteiger partial charge in [-0.3, -0.25) is 0 Å². The lowest BCUT2D eigenvalue weighted by Gasteiger charge is -2.12. The van der Waals surface area contributed by atoms with Gasteiger partial charge < -0.3 is 14.6 Å². The van der Waals surface area contributed by atoms with Gasteiger partial charge in [-0.1, -0.05) is 17.7 Å². The van der Waals surface area contributed by atoms with Gasteiger partial charge in [0.2, 0.25) is 5.76 Å². The van der Waals surface area contributed by atoms with Gasteiger partial charge >= 0.3 is 11.9 Å². The zero-order valence-electron chi connectivity index (χ0n) is 15.9. The molecule has 0 spiro atoms. The number of rotatable bonds is 8. The number of carbonyl (C=O) groups excluding carboxylic acids is 2. The second kappa shape index (κ2) is 10.7. The number of thioether (sulfide) groups is 1. The minimum Gasteiger partial charge on any atom is -0.502 e. The summed E-state index contributed by atoms with van der Waals surface area (Å²) in [4.78, 5) is 23.9. The topological polar surface area (TPSA) is 72.8 Å². The van der Waals surface area contributed by atoms with E-state index in [0.717, 1.165) is 22.8 Å². The van der Waals surface area contributed by atoms with Crippen molar-refractivity contribution in [3.8, 4) is 0 Å². The number of ether oxygens (including phenoxy) is 2. The number of hydrogen-bond donors (Lipinski definition) is 1. The minimum absolute atomic E-state index is 0.159. The summed E-state index contributed by atoms with van der Waals surface area (Å²) in [5.41, 5.74) is 4.65. The van der Waals surface area contributed by atoms with E-state index < -0.39 is 17.7 Å². The van der Waals surface area contributed by atoms with E-state index in [2.05, 4.69) is 12.1 Å². The van der Waals surface area contributed by atoms with Crippen LogP contribution in [0.2, 0.25) is 0 Å². The largest absolute Gasteiger partial charge is 0.502 e. The number of aliphatic hydroxyl groups excluding tert-OH is 1. The molecule has 1 aromatic rings. The molecule has 1 aromatic carbocycles. The molecule has 0 aliphatic heterocycles. The van der Waals surface area contributed by atoms with Gasteiger partial charge in [0.1, 0.15) is 0 Å². The van der Waals surface area contributed by atoms with Crippen molar-refractivity contribution in [2.45, 2.75) is 40.4 Å². The van der Waals surface area contributed by atoms with E-state index in [0.29, 0.717) is 10.7 Å². The molecule has 5 nitrogen and oxygen atoms in total. The number of aliphatic hydroxyl groups is 1. The number of allylic oxidation sites excluding steroid dienone is 2. The van der Waals surface area contributed by atoms with E-state index in [1.165, 1.54) is 23.4 Å². The van der Waals surface area contributed by atoms with Crippen LogP contribution in [-0.4, -0.2) is 30.3 Å². The second-order valence-electron chi connectivity index (χ2n) is 5.69. The molecule has 0 atom stereocenters. The predicted octanol–water partition coefficient (Wildman–Crippen LogP) is 4.30. The maximum atomic E-state index is 12.2. The smallest absolute Gasteiger partial charge is 0.373 e. The lowest BCUT2D eigenvalue weighted by Crippen LogP contribution is -2.08. The summed E-state index contributed by atoms with van der Waals surface area (Å²) in [6.07, 6.45) is 2.54. The van der Waals surface area contributed by atoms with E-state index in [4.69, 9.17) is 9.47 Å². The first-order chi connectivity index (χ1) is 12.3. The van der Waals surface area contributed by atoms with Gasteiger partial charge in [-0.05, 0) is 63.5 Å². The molecule has 0 unspecified atom stereocenters. The molecule has 0 heterocycles. The average Bonchev–Trinajstić information content (AvgIpc) is 2.56. The zero-order valence-corrected chi connectivity index (χ0v) is 16.7. The first kappa shape index (κ1) is 21.8. The molecule has 0 saturated heterocycles.